The van der Waals surface area contributed by atoms with E-state index in [0.29, 0.717) is 0 Å². The maximum Gasteiger partial charge on any atom is 0.407 e. The molecule has 0 aliphatic carbocycles. The van der Waals surface area contributed by atoms with Crippen LogP contribution in [0.4, 0.5) is 4.79 Å². The second-order valence-electron chi connectivity index (χ2n) is 1.65. The number of carbonyl (C=O) groups excluding carboxylic acids is 2. The molecule has 0 spiro atoms. The minimum atomic E-state index is -0.613. The summed E-state index contributed by atoms with van der Waals surface area (Å²) in [5, 5.41) is 2.20. The zero-order valence-electron chi connectivity index (χ0n) is 6.55. The molecular formula is C6H11NO4. The van der Waals surface area contributed by atoms with Crippen molar-refractivity contribution in [3.05, 3.63) is 0 Å². The smallest absolute Gasteiger partial charge is 0.407 e. The van der Waals surface area contributed by atoms with Crippen LogP contribution in [-0.4, -0.2) is 32.3 Å². The number of amides is 1. The van der Waals surface area contributed by atoms with E-state index in [2.05, 4.69) is 14.8 Å². The first-order valence-corrected chi connectivity index (χ1v) is 3.18. The molecule has 0 aliphatic heterocycles. The number of methoxy groups -OCH3 is 1. The van der Waals surface area contributed by atoms with Gasteiger partial charge in [0.1, 0.15) is 6.54 Å². The highest BCUT2D eigenvalue weighted by Gasteiger charge is 2.03. The van der Waals surface area contributed by atoms with Crippen LogP contribution in [0.2, 0.25) is 0 Å². The van der Waals surface area contributed by atoms with Crippen molar-refractivity contribution in [2.24, 2.45) is 0 Å². The molecular weight excluding hydrogens is 150 g/mol. The Balaban J connectivity index is 3.38. The summed E-state index contributed by atoms with van der Waals surface area (Å²) in [5.74, 6) is -0.502. The highest BCUT2D eigenvalue weighted by atomic mass is 16.6. The van der Waals surface area contributed by atoms with Crippen molar-refractivity contribution < 1.29 is 19.1 Å². The fourth-order valence-corrected chi connectivity index (χ4v) is 0.399. The summed E-state index contributed by atoms with van der Waals surface area (Å²) in [4.78, 5) is 21.0. The zero-order valence-corrected chi connectivity index (χ0v) is 6.55. The van der Waals surface area contributed by atoms with E-state index in [1.807, 2.05) is 0 Å². The molecule has 5 nitrogen and oxygen atoms in total. The van der Waals surface area contributed by atoms with Crippen LogP contribution in [0.1, 0.15) is 6.92 Å². The van der Waals surface area contributed by atoms with Crippen LogP contribution in [0.25, 0.3) is 0 Å². The van der Waals surface area contributed by atoms with E-state index in [-0.39, 0.29) is 13.2 Å². The van der Waals surface area contributed by atoms with Crippen molar-refractivity contribution in [3.8, 4) is 0 Å². The highest BCUT2D eigenvalue weighted by molar-refractivity contribution is 5.77. The third kappa shape index (κ3) is 5.20. The molecule has 0 fully saturated rings. The first kappa shape index (κ1) is 9.74. The molecule has 0 unspecified atom stereocenters. The Morgan fingerprint density at radius 1 is 1.45 bits per heavy atom. The van der Waals surface area contributed by atoms with Gasteiger partial charge in [0, 0.05) is 0 Å². The lowest BCUT2D eigenvalue weighted by molar-refractivity contribution is -0.139. The molecule has 0 atom stereocenters. The summed E-state index contributed by atoms with van der Waals surface area (Å²) in [6, 6.07) is 0. The Bertz CT molecular complexity index is 146. The van der Waals surface area contributed by atoms with Crippen molar-refractivity contribution in [2.75, 3.05) is 20.3 Å². The minimum absolute atomic E-state index is 0.157. The molecule has 0 saturated heterocycles. The molecule has 1 amide bonds. The number of alkyl carbamates (subject to hydrolysis) is 1. The minimum Gasteiger partial charge on any atom is -0.468 e. The molecule has 0 radical (unpaired) electrons. The Kier molecular flexibility index (Phi) is 4.89. The SMILES string of the molecule is CCOC(=O)NCC(=O)OC. The van der Waals surface area contributed by atoms with Gasteiger partial charge < -0.3 is 14.8 Å². The van der Waals surface area contributed by atoms with E-state index in [1.54, 1.807) is 6.92 Å². The summed E-state index contributed by atoms with van der Waals surface area (Å²) in [5.41, 5.74) is 0. The predicted molar refractivity (Wildman–Crippen MR) is 37.0 cm³/mol. The lowest BCUT2D eigenvalue weighted by Crippen LogP contribution is -2.30. The van der Waals surface area contributed by atoms with Gasteiger partial charge in [-0.2, -0.15) is 0 Å². The molecule has 1 N–H and O–H groups in total. The van der Waals surface area contributed by atoms with Crippen LogP contribution in [0.3, 0.4) is 0 Å². The van der Waals surface area contributed by atoms with Gasteiger partial charge in [-0.25, -0.2) is 4.79 Å². The van der Waals surface area contributed by atoms with Crippen LogP contribution < -0.4 is 5.32 Å². The summed E-state index contributed by atoms with van der Waals surface area (Å²) in [6.07, 6.45) is -0.613. The van der Waals surface area contributed by atoms with Crippen LogP contribution in [0.15, 0.2) is 0 Å². The fourth-order valence-electron chi connectivity index (χ4n) is 0.399. The van der Waals surface area contributed by atoms with Crippen LogP contribution in [0.5, 0.6) is 0 Å². The predicted octanol–water partition coefficient (Wildman–Crippen LogP) is -0.0945. The number of rotatable bonds is 3. The van der Waals surface area contributed by atoms with E-state index in [1.165, 1.54) is 7.11 Å². The average molecular weight is 161 g/mol. The van der Waals surface area contributed by atoms with Crippen LogP contribution >= 0.6 is 0 Å². The monoisotopic (exact) mass is 161 g/mol. The molecule has 0 aromatic heterocycles. The summed E-state index contributed by atoms with van der Waals surface area (Å²) in [7, 11) is 1.25. The third-order valence-corrected chi connectivity index (χ3v) is 0.880. The van der Waals surface area contributed by atoms with E-state index in [0.717, 1.165) is 0 Å². The molecule has 0 aromatic carbocycles. The first-order chi connectivity index (χ1) is 5.20. The molecule has 0 rings (SSSR count). The van der Waals surface area contributed by atoms with Gasteiger partial charge in [-0.1, -0.05) is 0 Å². The van der Waals surface area contributed by atoms with Crippen molar-refractivity contribution in [2.45, 2.75) is 6.92 Å². The molecule has 0 bridgehead atoms. The number of hydrogen-bond acceptors (Lipinski definition) is 4. The number of carbonyl (C=O) groups is 2. The van der Waals surface area contributed by atoms with E-state index >= 15 is 0 Å². The molecule has 0 aromatic rings. The van der Waals surface area contributed by atoms with Crippen molar-refractivity contribution in [3.63, 3.8) is 0 Å². The van der Waals surface area contributed by atoms with Gasteiger partial charge in [0.25, 0.3) is 0 Å². The Morgan fingerprint density at radius 2 is 2.09 bits per heavy atom. The van der Waals surface area contributed by atoms with Gasteiger partial charge in [0.15, 0.2) is 0 Å². The second kappa shape index (κ2) is 5.52. The molecule has 0 saturated carbocycles. The summed E-state index contributed by atoms with van der Waals surface area (Å²) < 4.78 is 8.75. The van der Waals surface area contributed by atoms with Crippen molar-refractivity contribution >= 4 is 12.1 Å². The molecule has 64 valence electrons. The molecule has 0 aliphatic rings. The molecule has 0 heterocycles. The van der Waals surface area contributed by atoms with Crippen molar-refractivity contribution in [1.29, 1.82) is 0 Å². The normalized spacial score (nSPS) is 8.55. The number of nitrogens with one attached hydrogen (secondary N) is 1. The average Bonchev–Trinajstić information content (AvgIpc) is 2.01. The number of ether oxygens (including phenoxy) is 2. The lowest BCUT2D eigenvalue weighted by Gasteiger charge is -2.02. The van der Waals surface area contributed by atoms with Gasteiger partial charge in [0.05, 0.1) is 13.7 Å². The van der Waals surface area contributed by atoms with E-state index < -0.39 is 12.1 Å². The third-order valence-electron chi connectivity index (χ3n) is 0.880. The van der Waals surface area contributed by atoms with Crippen LogP contribution in [0, 0.1) is 0 Å². The Labute approximate surface area is 64.7 Å². The van der Waals surface area contributed by atoms with E-state index in [4.69, 9.17) is 0 Å². The maximum absolute atomic E-state index is 10.5. The summed E-state index contributed by atoms with van der Waals surface area (Å²) in [6.45, 7) is 1.81. The van der Waals surface area contributed by atoms with Gasteiger partial charge >= 0.3 is 12.1 Å². The number of hydrogen-bond donors (Lipinski definition) is 1. The van der Waals surface area contributed by atoms with E-state index in [9.17, 15) is 9.59 Å². The summed E-state index contributed by atoms with van der Waals surface area (Å²) >= 11 is 0. The van der Waals surface area contributed by atoms with Gasteiger partial charge in [-0.3, -0.25) is 4.79 Å². The van der Waals surface area contributed by atoms with Gasteiger partial charge in [-0.05, 0) is 6.92 Å². The van der Waals surface area contributed by atoms with Gasteiger partial charge in [-0.15, -0.1) is 0 Å². The highest BCUT2D eigenvalue weighted by Crippen LogP contribution is 1.76. The topological polar surface area (TPSA) is 64.6 Å². The fraction of sp³-hybridized carbons (Fsp3) is 0.667. The zero-order chi connectivity index (χ0) is 8.69. The van der Waals surface area contributed by atoms with Crippen LogP contribution in [-0.2, 0) is 14.3 Å². The largest absolute Gasteiger partial charge is 0.468 e. The van der Waals surface area contributed by atoms with Gasteiger partial charge in [0.2, 0.25) is 0 Å². The molecule has 11 heavy (non-hydrogen) atoms. The first-order valence-electron chi connectivity index (χ1n) is 3.18. The maximum atomic E-state index is 10.5. The standard InChI is InChI=1S/C6H11NO4/c1-3-11-6(9)7-4-5(8)10-2/h3-4H2,1-2H3,(H,7,9). The number of esters is 1. The second-order valence-corrected chi connectivity index (χ2v) is 1.65. The van der Waals surface area contributed by atoms with Crippen molar-refractivity contribution in [1.82, 2.24) is 5.32 Å². The Morgan fingerprint density at radius 3 is 2.55 bits per heavy atom. The molecule has 5 heteroatoms. The lowest BCUT2D eigenvalue weighted by atomic mass is 10.6. The quantitative estimate of drug-likeness (QED) is 0.587. The Hall–Kier alpha value is -1.26.